The van der Waals surface area contributed by atoms with Gasteiger partial charge in [-0.25, -0.2) is 0 Å². The van der Waals surface area contributed by atoms with E-state index >= 15 is 0 Å². The average Bonchev–Trinajstić information content (AvgIpc) is 2.61. The molecular weight excluding hydrogens is 304 g/mol. The summed E-state index contributed by atoms with van der Waals surface area (Å²) in [7, 11) is 0. The molecule has 0 atom stereocenters. The van der Waals surface area contributed by atoms with Gasteiger partial charge in [0.05, 0.1) is 0 Å². The lowest BCUT2D eigenvalue weighted by Gasteiger charge is -2.13. The maximum absolute atomic E-state index is 5.88. The van der Waals surface area contributed by atoms with Crippen LogP contribution in [0.4, 0.5) is 0 Å². The van der Waals surface area contributed by atoms with Crippen molar-refractivity contribution in [2.45, 2.75) is 65.2 Å². The Labute approximate surface area is 154 Å². The van der Waals surface area contributed by atoms with Gasteiger partial charge in [0.15, 0.2) is 0 Å². The summed E-state index contributed by atoms with van der Waals surface area (Å²) < 4.78 is 5.88. The molecule has 0 saturated heterocycles. The van der Waals surface area contributed by atoms with Crippen molar-refractivity contribution >= 4 is 0 Å². The highest BCUT2D eigenvalue weighted by atomic mass is 16.5. The standard InChI is InChI=1S/C24H34O/c1-19(2)23-15-7-5-11-21(23)13-9-17-25-18-10-14-22-12-6-8-16-24(22)20(3)4/h5-8,11-12,15-16,19-20H,9-10,13-14,17-18H2,1-4H3. The Balaban J connectivity index is 1.66. The van der Waals surface area contributed by atoms with Crippen molar-refractivity contribution in [3.05, 3.63) is 70.8 Å². The summed E-state index contributed by atoms with van der Waals surface area (Å²) in [6.07, 6.45) is 4.44. The van der Waals surface area contributed by atoms with Gasteiger partial charge >= 0.3 is 0 Å². The second-order valence-corrected chi connectivity index (χ2v) is 7.53. The molecule has 0 bridgehead atoms. The van der Waals surface area contributed by atoms with Crippen molar-refractivity contribution in [1.82, 2.24) is 0 Å². The zero-order chi connectivity index (χ0) is 18.1. The van der Waals surface area contributed by atoms with E-state index in [4.69, 9.17) is 4.74 Å². The van der Waals surface area contributed by atoms with E-state index in [-0.39, 0.29) is 0 Å². The predicted octanol–water partition coefficient (Wildman–Crippen LogP) is 6.52. The summed E-state index contributed by atoms with van der Waals surface area (Å²) in [6, 6.07) is 17.6. The zero-order valence-corrected chi connectivity index (χ0v) is 16.4. The number of ether oxygens (including phenoxy) is 1. The van der Waals surface area contributed by atoms with Gasteiger partial charge in [-0.05, 0) is 59.8 Å². The van der Waals surface area contributed by atoms with Crippen LogP contribution in [-0.4, -0.2) is 13.2 Å². The summed E-state index contributed by atoms with van der Waals surface area (Å²) in [5, 5.41) is 0. The summed E-state index contributed by atoms with van der Waals surface area (Å²) in [5.74, 6) is 1.19. The van der Waals surface area contributed by atoms with E-state index < -0.39 is 0 Å². The molecule has 0 saturated carbocycles. The number of hydrogen-bond donors (Lipinski definition) is 0. The predicted molar refractivity (Wildman–Crippen MR) is 109 cm³/mol. The monoisotopic (exact) mass is 338 g/mol. The van der Waals surface area contributed by atoms with Crippen LogP contribution in [0.2, 0.25) is 0 Å². The Bertz CT molecular complexity index is 572. The number of aryl methyl sites for hydroxylation is 2. The quantitative estimate of drug-likeness (QED) is 0.448. The van der Waals surface area contributed by atoms with E-state index in [2.05, 4.69) is 76.2 Å². The minimum Gasteiger partial charge on any atom is -0.381 e. The molecule has 0 unspecified atom stereocenters. The molecule has 2 rings (SSSR count). The molecule has 0 heterocycles. The van der Waals surface area contributed by atoms with Crippen LogP contribution in [-0.2, 0) is 17.6 Å². The van der Waals surface area contributed by atoms with Crippen molar-refractivity contribution in [3.63, 3.8) is 0 Å². The summed E-state index contributed by atoms with van der Waals surface area (Å²) >= 11 is 0. The highest BCUT2D eigenvalue weighted by Crippen LogP contribution is 2.21. The highest BCUT2D eigenvalue weighted by molar-refractivity contribution is 5.30. The van der Waals surface area contributed by atoms with Gasteiger partial charge in [-0.1, -0.05) is 76.2 Å². The molecule has 1 nitrogen and oxygen atoms in total. The zero-order valence-electron chi connectivity index (χ0n) is 16.4. The summed E-state index contributed by atoms with van der Waals surface area (Å²) in [4.78, 5) is 0. The van der Waals surface area contributed by atoms with E-state index in [1.165, 1.54) is 22.3 Å². The van der Waals surface area contributed by atoms with Crippen LogP contribution in [0, 0.1) is 0 Å². The van der Waals surface area contributed by atoms with Gasteiger partial charge in [0, 0.05) is 13.2 Å². The minimum absolute atomic E-state index is 0.596. The van der Waals surface area contributed by atoms with Crippen molar-refractivity contribution in [1.29, 1.82) is 0 Å². The molecule has 0 aliphatic rings. The molecule has 0 spiro atoms. The Hall–Kier alpha value is -1.60. The van der Waals surface area contributed by atoms with Crippen molar-refractivity contribution in [3.8, 4) is 0 Å². The highest BCUT2D eigenvalue weighted by Gasteiger charge is 2.06. The lowest BCUT2D eigenvalue weighted by Crippen LogP contribution is -2.03. The van der Waals surface area contributed by atoms with Crippen LogP contribution in [0.25, 0.3) is 0 Å². The third kappa shape index (κ3) is 6.32. The van der Waals surface area contributed by atoms with Crippen LogP contribution >= 0.6 is 0 Å². The van der Waals surface area contributed by atoms with Crippen LogP contribution in [0.5, 0.6) is 0 Å². The fraction of sp³-hybridized carbons (Fsp3) is 0.500. The number of hydrogen-bond acceptors (Lipinski definition) is 1. The molecule has 0 radical (unpaired) electrons. The molecule has 0 fully saturated rings. The first-order chi connectivity index (χ1) is 12.1. The molecule has 2 aromatic rings. The van der Waals surface area contributed by atoms with Crippen molar-refractivity contribution in [2.75, 3.05) is 13.2 Å². The molecule has 136 valence electrons. The summed E-state index contributed by atoms with van der Waals surface area (Å²) in [5.41, 5.74) is 5.92. The van der Waals surface area contributed by atoms with Gasteiger partial charge in [-0.15, -0.1) is 0 Å². The van der Waals surface area contributed by atoms with Crippen LogP contribution in [0.15, 0.2) is 48.5 Å². The minimum atomic E-state index is 0.596. The second-order valence-electron chi connectivity index (χ2n) is 7.53. The Morgan fingerprint density at radius 2 is 1.04 bits per heavy atom. The molecule has 2 aromatic carbocycles. The Kier molecular flexibility index (Phi) is 8.21. The van der Waals surface area contributed by atoms with Crippen LogP contribution < -0.4 is 0 Å². The topological polar surface area (TPSA) is 9.23 Å². The van der Waals surface area contributed by atoms with E-state index in [0.717, 1.165) is 38.9 Å². The molecule has 0 N–H and O–H groups in total. The van der Waals surface area contributed by atoms with Crippen LogP contribution in [0.3, 0.4) is 0 Å². The third-order valence-electron chi connectivity index (χ3n) is 4.82. The molecule has 0 aromatic heterocycles. The first kappa shape index (κ1) is 19.7. The normalized spacial score (nSPS) is 11.4. The first-order valence-corrected chi connectivity index (χ1v) is 9.83. The van der Waals surface area contributed by atoms with E-state index in [0.29, 0.717) is 11.8 Å². The molecule has 0 aliphatic carbocycles. The van der Waals surface area contributed by atoms with Gasteiger partial charge in [-0.2, -0.15) is 0 Å². The van der Waals surface area contributed by atoms with E-state index in [9.17, 15) is 0 Å². The molecule has 1 heteroatoms. The van der Waals surface area contributed by atoms with Crippen molar-refractivity contribution < 1.29 is 4.74 Å². The smallest absolute Gasteiger partial charge is 0.0469 e. The van der Waals surface area contributed by atoms with Gasteiger partial charge in [0.2, 0.25) is 0 Å². The Morgan fingerprint density at radius 1 is 0.640 bits per heavy atom. The first-order valence-electron chi connectivity index (χ1n) is 9.83. The maximum atomic E-state index is 5.88. The maximum Gasteiger partial charge on any atom is 0.0469 e. The molecule has 0 amide bonds. The molecule has 0 aliphatic heterocycles. The lowest BCUT2D eigenvalue weighted by molar-refractivity contribution is 0.129. The Morgan fingerprint density at radius 3 is 1.44 bits per heavy atom. The number of rotatable bonds is 10. The SMILES string of the molecule is CC(C)c1ccccc1CCCOCCCc1ccccc1C(C)C. The third-order valence-corrected chi connectivity index (χ3v) is 4.82. The van der Waals surface area contributed by atoms with E-state index in [1.54, 1.807) is 0 Å². The van der Waals surface area contributed by atoms with Crippen molar-refractivity contribution in [2.24, 2.45) is 0 Å². The van der Waals surface area contributed by atoms with Gasteiger partial charge in [0.25, 0.3) is 0 Å². The lowest BCUT2D eigenvalue weighted by atomic mass is 9.94. The average molecular weight is 339 g/mol. The second kappa shape index (κ2) is 10.4. The fourth-order valence-electron chi connectivity index (χ4n) is 3.48. The fourth-order valence-corrected chi connectivity index (χ4v) is 3.48. The largest absolute Gasteiger partial charge is 0.381 e. The van der Waals surface area contributed by atoms with Gasteiger partial charge < -0.3 is 4.74 Å². The van der Waals surface area contributed by atoms with Gasteiger partial charge in [-0.3, -0.25) is 0 Å². The number of benzene rings is 2. The molecular formula is C24H34O. The summed E-state index contributed by atoms with van der Waals surface area (Å²) in [6.45, 7) is 10.8. The van der Waals surface area contributed by atoms with Crippen LogP contribution in [0.1, 0.15) is 74.6 Å². The van der Waals surface area contributed by atoms with Gasteiger partial charge in [0.1, 0.15) is 0 Å². The van der Waals surface area contributed by atoms with E-state index in [1.807, 2.05) is 0 Å². The molecule has 25 heavy (non-hydrogen) atoms.